The van der Waals surface area contributed by atoms with E-state index >= 15 is 0 Å². The fraction of sp³-hybridized carbons (Fsp3) is 0.731. The normalized spacial score (nSPS) is 16.5. The van der Waals surface area contributed by atoms with Gasteiger partial charge in [-0.15, -0.1) is 24.0 Å². The van der Waals surface area contributed by atoms with Crippen LogP contribution in [0.1, 0.15) is 58.6 Å². The van der Waals surface area contributed by atoms with Crippen LogP contribution in [0.5, 0.6) is 0 Å². The maximum atomic E-state index is 4.94. The molecular formula is C26H49IN6. The smallest absolute Gasteiger partial charge is 0.191 e. The molecule has 1 atom stereocenters. The number of benzene rings is 1. The molecule has 0 saturated carbocycles. The fourth-order valence-corrected chi connectivity index (χ4v) is 4.32. The van der Waals surface area contributed by atoms with Gasteiger partial charge in [0.2, 0.25) is 0 Å². The fourth-order valence-electron chi connectivity index (χ4n) is 4.32. The molecule has 1 aliphatic heterocycles. The average Bonchev–Trinajstić information content (AvgIpc) is 2.82. The number of nitrogens with zero attached hydrogens (tertiary/aromatic N) is 4. The molecule has 1 aromatic rings. The highest BCUT2D eigenvalue weighted by Gasteiger charge is 2.16. The van der Waals surface area contributed by atoms with Gasteiger partial charge in [-0.1, -0.05) is 45.0 Å². The van der Waals surface area contributed by atoms with E-state index < -0.39 is 0 Å². The van der Waals surface area contributed by atoms with Gasteiger partial charge in [-0.3, -0.25) is 4.90 Å². The first-order chi connectivity index (χ1) is 15.6. The minimum atomic E-state index is 0. The lowest BCUT2D eigenvalue weighted by atomic mass is 10.1. The number of piperazine rings is 1. The summed E-state index contributed by atoms with van der Waals surface area (Å²) in [6.07, 6.45) is 2.37. The van der Waals surface area contributed by atoms with Crippen LogP contribution in [0.25, 0.3) is 0 Å². The van der Waals surface area contributed by atoms with Crippen LogP contribution in [0.15, 0.2) is 29.3 Å². The molecule has 2 rings (SSSR count). The maximum absolute atomic E-state index is 4.94. The topological polar surface area (TPSA) is 46.1 Å². The Hall–Kier alpha value is -0.900. The van der Waals surface area contributed by atoms with Crippen molar-refractivity contribution >= 4 is 29.9 Å². The summed E-state index contributed by atoms with van der Waals surface area (Å²) < 4.78 is 0. The lowest BCUT2D eigenvalue weighted by Gasteiger charge is -2.34. The van der Waals surface area contributed by atoms with Gasteiger partial charge in [0.15, 0.2) is 5.96 Å². The largest absolute Gasteiger partial charge is 0.357 e. The van der Waals surface area contributed by atoms with Crippen molar-refractivity contribution in [3.63, 3.8) is 0 Å². The highest BCUT2D eigenvalue weighted by atomic mass is 127. The first-order valence-electron chi connectivity index (χ1n) is 12.9. The number of guanidine groups is 1. The molecule has 0 bridgehead atoms. The molecule has 7 heteroatoms. The highest BCUT2D eigenvalue weighted by molar-refractivity contribution is 14.0. The van der Waals surface area contributed by atoms with Crippen molar-refractivity contribution in [1.29, 1.82) is 0 Å². The summed E-state index contributed by atoms with van der Waals surface area (Å²) >= 11 is 0. The molecule has 1 unspecified atom stereocenters. The van der Waals surface area contributed by atoms with E-state index in [1.54, 1.807) is 0 Å². The number of hydrogen-bond acceptors (Lipinski definition) is 4. The Morgan fingerprint density at radius 3 is 2.24 bits per heavy atom. The highest BCUT2D eigenvalue weighted by Crippen LogP contribution is 2.15. The van der Waals surface area contributed by atoms with Crippen LogP contribution in [0.2, 0.25) is 0 Å². The second kappa shape index (κ2) is 17.5. The summed E-state index contributed by atoms with van der Waals surface area (Å²) in [5.41, 5.74) is 2.74. The maximum Gasteiger partial charge on any atom is 0.191 e. The van der Waals surface area contributed by atoms with E-state index in [9.17, 15) is 0 Å². The molecule has 1 fully saturated rings. The van der Waals surface area contributed by atoms with E-state index in [1.165, 1.54) is 37.2 Å². The number of nitrogens with one attached hydrogen (secondary N) is 2. The summed E-state index contributed by atoms with van der Waals surface area (Å²) in [4.78, 5) is 12.5. The van der Waals surface area contributed by atoms with Crippen LogP contribution in [-0.4, -0.2) is 85.6 Å². The number of likely N-dealkylation sites (N-methyl/N-ethyl adjacent to an activating group) is 1. The van der Waals surface area contributed by atoms with Crippen LogP contribution in [0.4, 0.5) is 0 Å². The molecule has 0 aliphatic carbocycles. The Labute approximate surface area is 220 Å². The molecular weight excluding hydrogens is 523 g/mol. The minimum Gasteiger partial charge on any atom is -0.357 e. The van der Waals surface area contributed by atoms with E-state index in [4.69, 9.17) is 4.99 Å². The quantitative estimate of drug-likeness (QED) is 0.213. The van der Waals surface area contributed by atoms with Crippen LogP contribution in [0, 0.1) is 0 Å². The third-order valence-electron chi connectivity index (χ3n) is 6.57. The van der Waals surface area contributed by atoms with Crippen molar-refractivity contribution in [1.82, 2.24) is 25.3 Å². The van der Waals surface area contributed by atoms with Crippen LogP contribution in [0.3, 0.4) is 0 Å². The molecule has 0 spiro atoms. The summed E-state index contributed by atoms with van der Waals surface area (Å²) in [6, 6.07) is 9.21. The second-order valence-corrected chi connectivity index (χ2v) is 8.89. The SMILES string of the molecule is CCNC(=NCc1ccccc1CN1CCN(CC)CC1)NC(C)CCCN(CC)CC.I. The van der Waals surface area contributed by atoms with Gasteiger partial charge in [-0.05, 0) is 64.0 Å². The van der Waals surface area contributed by atoms with E-state index in [-0.39, 0.29) is 24.0 Å². The van der Waals surface area contributed by atoms with E-state index in [1.807, 2.05) is 0 Å². The molecule has 1 aliphatic rings. The minimum absolute atomic E-state index is 0. The molecule has 1 heterocycles. The Bertz CT molecular complexity index is 656. The third kappa shape index (κ3) is 11.4. The Morgan fingerprint density at radius 1 is 1.00 bits per heavy atom. The third-order valence-corrected chi connectivity index (χ3v) is 6.57. The lowest BCUT2D eigenvalue weighted by Crippen LogP contribution is -2.45. The van der Waals surface area contributed by atoms with Crippen LogP contribution in [-0.2, 0) is 13.1 Å². The molecule has 1 saturated heterocycles. The lowest BCUT2D eigenvalue weighted by molar-refractivity contribution is 0.131. The van der Waals surface area contributed by atoms with Crippen molar-refractivity contribution in [3.8, 4) is 0 Å². The molecule has 33 heavy (non-hydrogen) atoms. The van der Waals surface area contributed by atoms with Gasteiger partial charge in [-0.2, -0.15) is 0 Å². The molecule has 2 N–H and O–H groups in total. The Balaban J connectivity index is 0.00000544. The number of halogens is 1. The van der Waals surface area contributed by atoms with E-state index in [0.717, 1.165) is 58.2 Å². The first kappa shape index (κ1) is 30.1. The number of hydrogen-bond donors (Lipinski definition) is 2. The first-order valence-corrected chi connectivity index (χ1v) is 12.9. The van der Waals surface area contributed by atoms with Gasteiger partial charge < -0.3 is 20.4 Å². The van der Waals surface area contributed by atoms with Crippen molar-refractivity contribution in [2.45, 2.75) is 66.6 Å². The molecule has 6 nitrogen and oxygen atoms in total. The van der Waals surface area contributed by atoms with Gasteiger partial charge in [0.1, 0.15) is 0 Å². The van der Waals surface area contributed by atoms with Crippen molar-refractivity contribution < 1.29 is 0 Å². The van der Waals surface area contributed by atoms with Gasteiger partial charge in [0.05, 0.1) is 6.54 Å². The molecule has 0 aromatic heterocycles. The zero-order valence-corrected chi connectivity index (χ0v) is 24.1. The average molecular weight is 573 g/mol. The zero-order chi connectivity index (χ0) is 23.2. The predicted octanol–water partition coefficient (Wildman–Crippen LogP) is 4.01. The van der Waals surface area contributed by atoms with Gasteiger partial charge >= 0.3 is 0 Å². The molecule has 190 valence electrons. The second-order valence-electron chi connectivity index (χ2n) is 8.89. The monoisotopic (exact) mass is 572 g/mol. The summed E-state index contributed by atoms with van der Waals surface area (Å²) in [7, 11) is 0. The predicted molar refractivity (Wildman–Crippen MR) is 154 cm³/mol. The summed E-state index contributed by atoms with van der Waals surface area (Å²) in [5.74, 6) is 0.925. The molecule has 0 radical (unpaired) electrons. The molecule has 0 amide bonds. The summed E-state index contributed by atoms with van der Waals surface area (Å²) in [6.45, 7) is 23.0. The van der Waals surface area contributed by atoms with Crippen molar-refractivity contribution in [2.24, 2.45) is 4.99 Å². The van der Waals surface area contributed by atoms with Crippen LogP contribution < -0.4 is 10.6 Å². The van der Waals surface area contributed by atoms with Gasteiger partial charge in [-0.25, -0.2) is 4.99 Å². The van der Waals surface area contributed by atoms with Gasteiger partial charge in [0.25, 0.3) is 0 Å². The van der Waals surface area contributed by atoms with Crippen molar-refractivity contribution in [3.05, 3.63) is 35.4 Å². The van der Waals surface area contributed by atoms with E-state index in [2.05, 4.69) is 84.2 Å². The summed E-state index contributed by atoms with van der Waals surface area (Å²) in [5, 5.41) is 7.04. The van der Waals surface area contributed by atoms with Gasteiger partial charge in [0, 0.05) is 45.3 Å². The Kier molecular flexibility index (Phi) is 16.0. The number of aliphatic imine (C=N–C) groups is 1. The number of rotatable bonds is 13. The van der Waals surface area contributed by atoms with E-state index in [0.29, 0.717) is 12.6 Å². The zero-order valence-electron chi connectivity index (χ0n) is 21.8. The standard InChI is InChI=1S/C26H48N6.HI/c1-6-27-26(29-23(5)13-12-16-30(7-2)8-3)28-21-24-14-10-11-15-25(24)22-32-19-17-31(9-4)18-20-32;/h10-11,14-15,23H,6-9,12-13,16-22H2,1-5H3,(H2,27,28,29);1H. The van der Waals surface area contributed by atoms with Crippen LogP contribution >= 0.6 is 24.0 Å². The molecule has 1 aromatic carbocycles. The van der Waals surface area contributed by atoms with Crippen molar-refractivity contribution in [2.75, 3.05) is 58.9 Å². The Morgan fingerprint density at radius 2 is 1.64 bits per heavy atom.